The number of nitrogens with one attached hydrogen (secondary N) is 1. The van der Waals surface area contributed by atoms with E-state index in [0.717, 1.165) is 18.8 Å². The van der Waals surface area contributed by atoms with Gasteiger partial charge in [-0.15, -0.1) is 0 Å². The van der Waals surface area contributed by atoms with E-state index in [1.54, 1.807) is 0 Å². The Morgan fingerprint density at radius 2 is 2.38 bits per heavy atom. The van der Waals surface area contributed by atoms with Crippen LogP contribution in [-0.2, 0) is 4.79 Å². The second kappa shape index (κ2) is 4.86. The molecule has 1 rings (SSSR count). The number of carbonyl (C=O) groups excluding carboxylic acids is 1. The maximum absolute atomic E-state index is 11.7. The molecule has 0 aromatic heterocycles. The molecule has 1 saturated heterocycles. The fourth-order valence-electron chi connectivity index (χ4n) is 1.42. The Bertz CT molecular complexity index is 186. The van der Waals surface area contributed by atoms with Gasteiger partial charge in [0.1, 0.15) is 0 Å². The first kappa shape index (κ1) is 10.9. The molecule has 1 amide bonds. The Morgan fingerprint density at radius 1 is 1.69 bits per heavy atom. The Kier molecular flexibility index (Phi) is 4.06. The molecule has 0 aliphatic carbocycles. The number of likely N-dealkylation sites (N-methyl/N-ethyl adjacent to an activating group) is 1. The molecule has 0 radical (unpaired) electrons. The van der Waals surface area contributed by atoms with Gasteiger partial charge in [0.05, 0.1) is 6.04 Å². The van der Waals surface area contributed by atoms with Gasteiger partial charge < -0.3 is 10.2 Å². The summed E-state index contributed by atoms with van der Waals surface area (Å²) < 4.78 is 0. The van der Waals surface area contributed by atoms with Crippen LogP contribution in [0.4, 0.5) is 0 Å². The van der Waals surface area contributed by atoms with Crippen molar-refractivity contribution in [3.8, 4) is 0 Å². The first-order chi connectivity index (χ1) is 6.15. The highest BCUT2D eigenvalue weighted by molar-refractivity contribution is 7.99. The number of hydrogen-bond donors (Lipinski definition) is 1. The Labute approximate surface area is 84.2 Å². The zero-order chi connectivity index (χ0) is 9.84. The summed E-state index contributed by atoms with van der Waals surface area (Å²) in [6.07, 6.45) is 0. The molecule has 0 aromatic rings. The van der Waals surface area contributed by atoms with Crippen LogP contribution < -0.4 is 5.32 Å². The number of carbonyl (C=O) groups is 1. The standard InChI is InChI=1S/C9H18N2OS/c1-7-6-11(4-5-13-7)9(12)8(2)10-3/h7-8,10H,4-6H2,1-3H3. The molecule has 3 nitrogen and oxygen atoms in total. The molecule has 0 spiro atoms. The van der Waals surface area contributed by atoms with Gasteiger partial charge in [0.25, 0.3) is 0 Å². The van der Waals surface area contributed by atoms with Crippen molar-refractivity contribution < 1.29 is 4.79 Å². The zero-order valence-electron chi connectivity index (χ0n) is 8.54. The van der Waals surface area contributed by atoms with Crippen LogP contribution in [0.15, 0.2) is 0 Å². The van der Waals surface area contributed by atoms with Crippen LogP contribution in [0.3, 0.4) is 0 Å². The van der Waals surface area contributed by atoms with Gasteiger partial charge in [0.2, 0.25) is 5.91 Å². The third-order valence-corrected chi connectivity index (χ3v) is 3.49. The van der Waals surface area contributed by atoms with E-state index in [1.807, 2.05) is 30.6 Å². The molecule has 2 unspecified atom stereocenters. The summed E-state index contributed by atoms with van der Waals surface area (Å²) in [6.45, 7) is 5.89. The van der Waals surface area contributed by atoms with E-state index >= 15 is 0 Å². The van der Waals surface area contributed by atoms with E-state index in [4.69, 9.17) is 0 Å². The van der Waals surface area contributed by atoms with E-state index in [-0.39, 0.29) is 11.9 Å². The fourth-order valence-corrected chi connectivity index (χ4v) is 2.43. The summed E-state index contributed by atoms with van der Waals surface area (Å²) in [6, 6.07) is -0.0460. The quantitative estimate of drug-likeness (QED) is 0.710. The highest BCUT2D eigenvalue weighted by Crippen LogP contribution is 2.18. The second-order valence-electron chi connectivity index (χ2n) is 3.48. The number of amides is 1. The average molecular weight is 202 g/mol. The lowest BCUT2D eigenvalue weighted by molar-refractivity contribution is -0.132. The summed E-state index contributed by atoms with van der Waals surface area (Å²) in [4.78, 5) is 13.7. The van der Waals surface area contributed by atoms with Crippen molar-refractivity contribution in [2.75, 3.05) is 25.9 Å². The minimum Gasteiger partial charge on any atom is -0.339 e. The minimum atomic E-state index is -0.0460. The first-order valence-electron chi connectivity index (χ1n) is 4.72. The maximum Gasteiger partial charge on any atom is 0.239 e. The molecule has 0 saturated carbocycles. The third-order valence-electron chi connectivity index (χ3n) is 2.36. The van der Waals surface area contributed by atoms with Crippen molar-refractivity contribution in [1.82, 2.24) is 10.2 Å². The summed E-state index contributed by atoms with van der Waals surface area (Å²) in [5.74, 6) is 1.30. The Balaban J connectivity index is 2.46. The normalized spacial score (nSPS) is 25.8. The second-order valence-corrected chi connectivity index (χ2v) is 5.02. The van der Waals surface area contributed by atoms with Gasteiger partial charge in [-0.2, -0.15) is 11.8 Å². The van der Waals surface area contributed by atoms with Gasteiger partial charge in [-0.1, -0.05) is 6.92 Å². The molecule has 1 N–H and O–H groups in total. The molecule has 1 aliphatic rings. The van der Waals surface area contributed by atoms with E-state index in [9.17, 15) is 4.79 Å². The van der Waals surface area contributed by atoms with Crippen molar-refractivity contribution >= 4 is 17.7 Å². The molecule has 2 atom stereocenters. The van der Waals surface area contributed by atoms with Crippen LogP contribution >= 0.6 is 11.8 Å². The van der Waals surface area contributed by atoms with Crippen molar-refractivity contribution in [3.63, 3.8) is 0 Å². The number of rotatable bonds is 2. The van der Waals surface area contributed by atoms with Gasteiger partial charge in [0, 0.05) is 24.1 Å². The van der Waals surface area contributed by atoms with Gasteiger partial charge in [-0.25, -0.2) is 0 Å². The van der Waals surface area contributed by atoms with Crippen LogP contribution in [0.5, 0.6) is 0 Å². The van der Waals surface area contributed by atoms with E-state index in [2.05, 4.69) is 12.2 Å². The SMILES string of the molecule is CNC(C)C(=O)N1CCSC(C)C1. The lowest BCUT2D eigenvalue weighted by Gasteiger charge is -2.32. The van der Waals surface area contributed by atoms with Crippen molar-refractivity contribution in [3.05, 3.63) is 0 Å². The van der Waals surface area contributed by atoms with Crippen molar-refractivity contribution in [2.45, 2.75) is 25.1 Å². The largest absolute Gasteiger partial charge is 0.339 e. The van der Waals surface area contributed by atoms with Crippen LogP contribution in [-0.4, -0.2) is 48.0 Å². The molecule has 1 heterocycles. The predicted molar refractivity (Wildman–Crippen MR) is 57.0 cm³/mol. The Morgan fingerprint density at radius 3 is 2.92 bits per heavy atom. The molecule has 0 bridgehead atoms. The number of thioether (sulfide) groups is 1. The molecule has 4 heteroatoms. The van der Waals surface area contributed by atoms with E-state index in [0.29, 0.717) is 5.25 Å². The van der Waals surface area contributed by atoms with Gasteiger partial charge in [-0.3, -0.25) is 4.79 Å². The zero-order valence-corrected chi connectivity index (χ0v) is 9.36. The fraction of sp³-hybridized carbons (Fsp3) is 0.889. The number of nitrogens with zero attached hydrogens (tertiary/aromatic N) is 1. The monoisotopic (exact) mass is 202 g/mol. The summed E-state index contributed by atoms with van der Waals surface area (Å²) in [7, 11) is 1.82. The average Bonchev–Trinajstić information content (AvgIpc) is 2.15. The minimum absolute atomic E-state index is 0.0460. The van der Waals surface area contributed by atoms with E-state index in [1.165, 1.54) is 0 Å². The number of hydrogen-bond acceptors (Lipinski definition) is 3. The van der Waals surface area contributed by atoms with Crippen molar-refractivity contribution in [1.29, 1.82) is 0 Å². The topological polar surface area (TPSA) is 32.3 Å². The summed E-state index contributed by atoms with van der Waals surface area (Å²) in [5.41, 5.74) is 0. The molecule has 1 fully saturated rings. The molecule has 76 valence electrons. The van der Waals surface area contributed by atoms with Gasteiger partial charge in [-0.05, 0) is 14.0 Å². The molecular weight excluding hydrogens is 184 g/mol. The van der Waals surface area contributed by atoms with E-state index < -0.39 is 0 Å². The van der Waals surface area contributed by atoms with Crippen LogP contribution in [0.1, 0.15) is 13.8 Å². The van der Waals surface area contributed by atoms with Crippen LogP contribution in [0.25, 0.3) is 0 Å². The highest BCUT2D eigenvalue weighted by atomic mass is 32.2. The smallest absolute Gasteiger partial charge is 0.239 e. The predicted octanol–water partition coefficient (Wildman–Crippen LogP) is 0.558. The lowest BCUT2D eigenvalue weighted by Crippen LogP contribution is -2.48. The lowest BCUT2D eigenvalue weighted by atomic mass is 10.2. The van der Waals surface area contributed by atoms with Crippen LogP contribution in [0, 0.1) is 0 Å². The molecule has 13 heavy (non-hydrogen) atoms. The van der Waals surface area contributed by atoms with Crippen molar-refractivity contribution in [2.24, 2.45) is 0 Å². The third kappa shape index (κ3) is 2.88. The van der Waals surface area contributed by atoms with Gasteiger partial charge >= 0.3 is 0 Å². The highest BCUT2D eigenvalue weighted by Gasteiger charge is 2.23. The molecule has 0 aromatic carbocycles. The van der Waals surface area contributed by atoms with Crippen LogP contribution in [0.2, 0.25) is 0 Å². The molecule has 1 aliphatic heterocycles. The molecular formula is C9H18N2OS. The summed E-state index contributed by atoms with van der Waals surface area (Å²) in [5, 5.41) is 3.56. The van der Waals surface area contributed by atoms with Gasteiger partial charge in [0.15, 0.2) is 0 Å². The maximum atomic E-state index is 11.7. The first-order valence-corrected chi connectivity index (χ1v) is 5.77. The summed E-state index contributed by atoms with van der Waals surface area (Å²) >= 11 is 1.94. The Hall–Kier alpha value is -0.220.